The molecule has 122 valence electrons. The average Bonchev–Trinajstić information content (AvgIpc) is 3.20. The number of hydrogen-bond donors (Lipinski definition) is 1. The topological polar surface area (TPSA) is 62.3 Å². The van der Waals surface area contributed by atoms with Crippen LogP contribution in [0.5, 0.6) is 0 Å². The van der Waals surface area contributed by atoms with Crippen molar-refractivity contribution in [2.24, 2.45) is 5.41 Å². The Kier molecular flexibility index (Phi) is 3.56. The Bertz CT molecular complexity index is 763. The van der Waals surface area contributed by atoms with Crippen molar-refractivity contribution in [3.8, 4) is 0 Å². The van der Waals surface area contributed by atoms with E-state index in [0.29, 0.717) is 25.2 Å². The van der Waals surface area contributed by atoms with Crippen LogP contribution in [0.2, 0.25) is 0 Å². The molecule has 2 fully saturated rings. The summed E-state index contributed by atoms with van der Waals surface area (Å²) in [6.07, 6.45) is 4.00. The predicted octanol–water partition coefficient (Wildman–Crippen LogP) is 1.83. The van der Waals surface area contributed by atoms with Crippen LogP contribution in [-0.2, 0) is 4.79 Å². The van der Waals surface area contributed by atoms with Gasteiger partial charge in [-0.1, -0.05) is 30.3 Å². The maximum absolute atomic E-state index is 12.8. The third-order valence-electron chi connectivity index (χ3n) is 5.25. The zero-order chi connectivity index (χ0) is 16.6. The molecule has 3 heterocycles. The molecule has 0 aliphatic carbocycles. The van der Waals surface area contributed by atoms with Gasteiger partial charge in [-0.05, 0) is 24.1 Å². The Morgan fingerprint density at radius 2 is 2.04 bits per heavy atom. The van der Waals surface area contributed by atoms with E-state index in [1.54, 1.807) is 29.4 Å². The summed E-state index contributed by atoms with van der Waals surface area (Å²) in [5, 5.41) is 2.96. The van der Waals surface area contributed by atoms with Crippen LogP contribution in [0.3, 0.4) is 0 Å². The van der Waals surface area contributed by atoms with Crippen molar-refractivity contribution in [1.82, 2.24) is 15.2 Å². The van der Waals surface area contributed by atoms with E-state index in [1.807, 2.05) is 18.2 Å². The molecule has 1 spiro atoms. The highest BCUT2D eigenvalue weighted by molar-refractivity contribution is 5.96. The van der Waals surface area contributed by atoms with Gasteiger partial charge in [-0.25, -0.2) is 0 Å². The SMILES string of the molecule is O=C(c1cccnc1)N1C[C@@H](c2ccccc2)[C@@]2(CCNC2=O)C1. The number of aromatic nitrogens is 1. The van der Waals surface area contributed by atoms with Gasteiger partial charge in [-0.2, -0.15) is 0 Å². The van der Waals surface area contributed by atoms with Gasteiger partial charge >= 0.3 is 0 Å². The van der Waals surface area contributed by atoms with E-state index in [9.17, 15) is 9.59 Å². The van der Waals surface area contributed by atoms with Crippen LogP contribution in [-0.4, -0.2) is 41.3 Å². The van der Waals surface area contributed by atoms with E-state index < -0.39 is 5.41 Å². The van der Waals surface area contributed by atoms with E-state index in [0.717, 1.165) is 12.0 Å². The molecule has 4 rings (SSSR count). The quantitative estimate of drug-likeness (QED) is 0.918. The highest BCUT2D eigenvalue weighted by Crippen LogP contribution is 2.47. The number of amides is 2. The van der Waals surface area contributed by atoms with Crippen LogP contribution in [0.25, 0.3) is 0 Å². The monoisotopic (exact) mass is 321 g/mol. The van der Waals surface area contributed by atoms with Gasteiger partial charge in [0.05, 0.1) is 11.0 Å². The van der Waals surface area contributed by atoms with Crippen molar-refractivity contribution in [2.75, 3.05) is 19.6 Å². The van der Waals surface area contributed by atoms with E-state index >= 15 is 0 Å². The third kappa shape index (κ3) is 2.28. The van der Waals surface area contributed by atoms with Crippen molar-refractivity contribution in [3.63, 3.8) is 0 Å². The number of nitrogens with zero attached hydrogens (tertiary/aromatic N) is 2. The first-order valence-corrected chi connectivity index (χ1v) is 8.23. The van der Waals surface area contributed by atoms with Gasteiger partial charge in [0.2, 0.25) is 5.91 Å². The van der Waals surface area contributed by atoms with Gasteiger partial charge in [0.15, 0.2) is 0 Å². The standard InChI is InChI=1S/C19H19N3O2/c23-17(15-7-4-9-20-11-15)22-12-16(14-5-2-1-3-6-14)19(13-22)8-10-21-18(19)24/h1-7,9,11,16H,8,10,12-13H2,(H,21,24)/t16-,19+/m0/s1. The molecule has 1 N–H and O–H groups in total. The number of carbonyl (C=O) groups excluding carboxylic acids is 2. The number of nitrogens with one attached hydrogen (secondary N) is 1. The number of pyridine rings is 1. The summed E-state index contributed by atoms with van der Waals surface area (Å²) in [5.41, 5.74) is 1.18. The predicted molar refractivity (Wildman–Crippen MR) is 89.4 cm³/mol. The second-order valence-corrected chi connectivity index (χ2v) is 6.55. The van der Waals surface area contributed by atoms with Crippen molar-refractivity contribution in [1.29, 1.82) is 0 Å². The summed E-state index contributed by atoms with van der Waals surface area (Å²) >= 11 is 0. The first-order chi connectivity index (χ1) is 11.7. The molecule has 1 aromatic heterocycles. The Balaban J connectivity index is 1.69. The van der Waals surface area contributed by atoms with Crippen LogP contribution < -0.4 is 5.32 Å². The number of likely N-dealkylation sites (tertiary alicyclic amines) is 1. The second kappa shape index (κ2) is 5.74. The fourth-order valence-corrected chi connectivity index (χ4v) is 4.02. The molecule has 0 radical (unpaired) electrons. The summed E-state index contributed by atoms with van der Waals surface area (Å²) in [5.74, 6) is 0.0419. The molecule has 24 heavy (non-hydrogen) atoms. The normalized spacial score (nSPS) is 25.9. The molecule has 2 aliphatic rings. The first kappa shape index (κ1) is 14.9. The molecule has 1 aromatic carbocycles. The molecule has 2 saturated heterocycles. The molecule has 5 nitrogen and oxygen atoms in total. The van der Waals surface area contributed by atoms with Crippen LogP contribution in [0.1, 0.15) is 28.3 Å². The summed E-state index contributed by atoms with van der Waals surface area (Å²) < 4.78 is 0. The zero-order valence-corrected chi connectivity index (χ0v) is 13.3. The molecular formula is C19H19N3O2. The summed E-state index contributed by atoms with van der Waals surface area (Å²) in [4.78, 5) is 31.3. The Morgan fingerprint density at radius 3 is 2.71 bits per heavy atom. The van der Waals surface area contributed by atoms with Crippen molar-refractivity contribution < 1.29 is 9.59 Å². The van der Waals surface area contributed by atoms with Gasteiger partial charge in [0.25, 0.3) is 5.91 Å². The maximum atomic E-state index is 12.8. The van der Waals surface area contributed by atoms with Gasteiger partial charge < -0.3 is 10.2 Å². The minimum atomic E-state index is -0.515. The van der Waals surface area contributed by atoms with Crippen LogP contribution in [0.4, 0.5) is 0 Å². The molecule has 5 heteroatoms. The maximum Gasteiger partial charge on any atom is 0.255 e. The highest BCUT2D eigenvalue weighted by atomic mass is 16.2. The Hall–Kier alpha value is -2.69. The zero-order valence-electron chi connectivity index (χ0n) is 13.3. The van der Waals surface area contributed by atoms with Gasteiger partial charge in [-0.3, -0.25) is 14.6 Å². The first-order valence-electron chi connectivity index (χ1n) is 8.23. The molecule has 0 unspecified atom stereocenters. The lowest BCUT2D eigenvalue weighted by Gasteiger charge is -2.27. The summed E-state index contributed by atoms with van der Waals surface area (Å²) in [7, 11) is 0. The summed E-state index contributed by atoms with van der Waals surface area (Å²) in [6.45, 7) is 1.70. The number of hydrogen-bond acceptors (Lipinski definition) is 3. The van der Waals surface area contributed by atoms with E-state index in [-0.39, 0.29) is 17.7 Å². The molecule has 2 amide bonds. The fraction of sp³-hybridized carbons (Fsp3) is 0.316. The second-order valence-electron chi connectivity index (χ2n) is 6.55. The van der Waals surface area contributed by atoms with Gasteiger partial charge in [0, 0.05) is 37.9 Å². The molecule has 2 aromatic rings. The highest BCUT2D eigenvalue weighted by Gasteiger charge is 2.55. The largest absolute Gasteiger partial charge is 0.356 e. The number of rotatable bonds is 2. The lowest BCUT2D eigenvalue weighted by atomic mass is 9.73. The van der Waals surface area contributed by atoms with Gasteiger partial charge in [0.1, 0.15) is 0 Å². The number of carbonyl (C=O) groups is 2. The molecule has 0 saturated carbocycles. The molecule has 0 bridgehead atoms. The van der Waals surface area contributed by atoms with Crippen molar-refractivity contribution >= 4 is 11.8 Å². The van der Waals surface area contributed by atoms with Crippen LogP contribution in [0, 0.1) is 5.41 Å². The smallest absolute Gasteiger partial charge is 0.255 e. The Morgan fingerprint density at radius 1 is 1.21 bits per heavy atom. The molecule has 2 atom stereocenters. The lowest BCUT2D eigenvalue weighted by Crippen LogP contribution is -2.38. The van der Waals surface area contributed by atoms with Crippen LogP contribution in [0.15, 0.2) is 54.9 Å². The molecular weight excluding hydrogens is 302 g/mol. The number of benzene rings is 1. The fourth-order valence-electron chi connectivity index (χ4n) is 4.02. The van der Waals surface area contributed by atoms with Crippen LogP contribution >= 0.6 is 0 Å². The summed E-state index contributed by atoms with van der Waals surface area (Å²) in [6, 6.07) is 13.6. The minimum absolute atomic E-state index is 0.0295. The van der Waals surface area contributed by atoms with E-state index in [4.69, 9.17) is 0 Å². The van der Waals surface area contributed by atoms with Gasteiger partial charge in [-0.15, -0.1) is 0 Å². The Labute approximate surface area is 140 Å². The third-order valence-corrected chi connectivity index (χ3v) is 5.25. The lowest BCUT2D eigenvalue weighted by molar-refractivity contribution is -0.127. The van der Waals surface area contributed by atoms with E-state index in [1.165, 1.54) is 0 Å². The molecule has 2 aliphatic heterocycles. The average molecular weight is 321 g/mol. The minimum Gasteiger partial charge on any atom is -0.356 e. The van der Waals surface area contributed by atoms with E-state index in [2.05, 4.69) is 22.4 Å². The van der Waals surface area contributed by atoms with Crippen molar-refractivity contribution in [3.05, 3.63) is 66.0 Å². The van der Waals surface area contributed by atoms with Crippen molar-refractivity contribution in [2.45, 2.75) is 12.3 Å².